The Morgan fingerprint density at radius 1 is 1.08 bits per heavy atom. The topological polar surface area (TPSA) is 24.3 Å². The van der Waals surface area contributed by atoms with Gasteiger partial charge < -0.3 is 0 Å². The van der Waals surface area contributed by atoms with Gasteiger partial charge in [0.1, 0.15) is 0 Å². The van der Waals surface area contributed by atoms with Gasteiger partial charge in [0.25, 0.3) is 0 Å². The van der Waals surface area contributed by atoms with E-state index >= 15 is 0 Å². The molecule has 0 spiro atoms. The van der Waals surface area contributed by atoms with Crippen LogP contribution in [0.25, 0.3) is 0 Å². The van der Waals surface area contributed by atoms with E-state index in [1.54, 1.807) is 0 Å². The fraction of sp³-hybridized carbons (Fsp3) is 0.632. The van der Waals surface area contributed by atoms with Crippen LogP contribution in [0.3, 0.4) is 0 Å². The first-order chi connectivity index (χ1) is 11.8. The molecular formula is C19H30N4S. The van der Waals surface area contributed by atoms with Gasteiger partial charge in [-0.1, -0.05) is 13.3 Å². The zero-order chi connectivity index (χ0) is 16.8. The van der Waals surface area contributed by atoms with Gasteiger partial charge >= 0.3 is 0 Å². The van der Waals surface area contributed by atoms with Crippen molar-refractivity contribution in [1.29, 1.82) is 0 Å². The molecule has 0 aliphatic carbocycles. The predicted molar refractivity (Wildman–Crippen MR) is 101 cm³/mol. The minimum atomic E-state index is 0.941. The average molecular weight is 347 g/mol. The quantitative estimate of drug-likeness (QED) is 0.723. The maximum absolute atomic E-state index is 4.39. The summed E-state index contributed by atoms with van der Waals surface area (Å²) in [5.41, 5.74) is 1.31. The van der Waals surface area contributed by atoms with Crippen molar-refractivity contribution < 1.29 is 0 Å². The van der Waals surface area contributed by atoms with Crippen LogP contribution >= 0.6 is 11.3 Å². The minimum Gasteiger partial charge on any atom is -0.298 e. The number of rotatable bonds is 8. The fourth-order valence-corrected chi connectivity index (χ4v) is 4.45. The molecule has 4 nitrogen and oxygen atoms in total. The normalized spacial score (nSPS) is 16.1. The van der Waals surface area contributed by atoms with E-state index in [-0.39, 0.29) is 0 Å². The van der Waals surface area contributed by atoms with Crippen LogP contribution in [-0.2, 0) is 26.2 Å². The standard InChI is InChI=1S/C19H30N4S/c1-3-21(13-17-12-20-23(4-2)14-17)15-18-8-9-19(24-18)16-22-10-6-5-7-11-22/h8-9,12,14H,3-7,10-11,13,15-16H2,1-2H3. The third kappa shape index (κ3) is 4.91. The summed E-state index contributed by atoms with van der Waals surface area (Å²) in [7, 11) is 0. The van der Waals surface area contributed by atoms with Crippen LogP contribution in [0.15, 0.2) is 24.5 Å². The second-order valence-electron chi connectivity index (χ2n) is 6.71. The second kappa shape index (κ2) is 8.79. The largest absolute Gasteiger partial charge is 0.298 e. The highest BCUT2D eigenvalue weighted by Gasteiger charge is 2.13. The molecule has 1 aliphatic rings. The van der Waals surface area contributed by atoms with Crippen LogP contribution in [-0.4, -0.2) is 39.2 Å². The summed E-state index contributed by atoms with van der Waals surface area (Å²) in [4.78, 5) is 8.09. The number of likely N-dealkylation sites (tertiary alicyclic amines) is 1. The first-order valence-corrected chi connectivity index (χ1v) is 10.1. The number of aromatic nitrogens is 2. The lowest BCUT2D eigenvalue weighted by Gasteiger charge is -2.25. The Bertz CT molecular complexity index is 612. The number of piperidine rings is 1. The Balaban J connectivity index is 1.53. The van der Waals surface area contributed by atoms with E-state index in [9.17, 15) is 0 Å². The van der Waals surface area contributed by atoms with Crippen LogP contribution in [0.5, 0.6) is 0 Å². The highest BCUT2D eigenvalue weighted by molar-refractivity contribution is 7.11. The molecule has 132 valence electrons. The van der Waals surface area contributed by atoms with E-state index in [0.29, 0.717) is 0 Å². The lowest BCUT2D eigenvalue weighted by Crippen LogP contribution is -2.28. The van der Waals surface area contributed by atoms with E-state index in [2.05, 4.69) is 47.1 Å². The van der Waals surface area contributed by atoms with Crippen molar-refractivity contribution in [3.8, 4) is 0 Å². The lowest BCUT2D eigenvalue weighted by atomic mass is 10.1. The Kier molecular flexibility index (Phi) is 6.46. The van der Waals surface area contributed by atoms with Crippen molar-refractivity contribution in [2.24, 2.45) is 0 Å². The summed E-state index contributed by atoms with van der Waals surface area (Å²) < 4.78 is 2.00. The summed E-state index contributed by atoms with van der Waals surface area (Å²) in [6.07, 6.45) is 8.31. The molecule has 1 fully saturated rings. The maximum Gasteiger partial charge on any atom is 0.0534 e. The predicted octanol–water partition coefficient (Wildman–Crippen LogP) is 3.97. The van der Waals surface area contributed by atoms with Gasteiger partial charge in [0.05, 0.1) is 6.20 Å². The SMILES string of the molecule is CCN(Cc1cnn(CC)c1)Cc1ccc(CN2CCCCC2)s1. The van der Waals surface area contributed by atoms with Gasteiger partial charge in [0.15, 0.2) is 0 Å². The Morgan fingerprint density at radius 2 is 1.88 bits per heavy atom. The summed E-state index contributed by atoms with van der Waals surface area (Å²) in [5, 5.41) is 4.39. The molecule has 0 N–H and O–H groups in total. The van der Waals surface area contributed by atoms with Crippen molar-refractivity contribution >= 4 is 11.3 Å². The number of nitrogens with zero attached hydrogens (tertiary/aromatic N) is 4. The van der Waals surface area contributed by atoms with Crippen LogP contribution in [0, 0.1) is 0 Å². The minimum absolute atomic E-state index is 0.941. The molecule has 1 saturated heterocycles. The van der Waals surface area contributed by atoms with Crippen LogP contribution < -0.4 is 0 Å². The van der Waals surface area contributed by atoms with Crippen molar-refractivity contribution in [2.75, 3.05) is 19.6 Å². The number of thiophene rings is 1. The van der Waals surface area contributed by atoms with E-state index in [0.717, 1.165) is 32.7 Å². The molecule has 1 aliphatic heterocycles. The molecule has 2 aromatic rings. The molecule has 0 radical (unpaired) electrons. The van der Waals surface area contributed by atoms with Crippen LogP contribution in [0.2, 0.25) is 0 Å². The average Bonchev–Trinajstić information content (AvgIpc) is 3.24. The monoisotopic (exact) mass is 346 g/mol. The van der Waals surface area contributed by atoms with Gasteiger partial charge in [-0.05, 0) is 51.5 Å². The molecular weight excluding hydrogens is 316 g/mol. The maximum atomic E-state index is 4.39. The van der Waals surface area contributed by atoms with E-state index in [1.807, 2.05) is 22.2 Å². The van der Waals surface area contributed by atoms with Gasteiger partial charge in [0.2, 0.25) is 0 Å². The molecule has 0 saturated carbocycles. The summed E-state index contributed by atoms with van der Waals surface area (Å²) in [6.45, 7) is 12.1. The molecule has 5 heteroatoms. The second-order valence-corrected chi connectivity index (χ2v) is 7.97. The van der Waals surface area contributed by atoms with Crippen LogP contribution in [0.1, 0.15) is 48.4 Å². The Hall–Kier alpha value is -1.17. The number of aryl methyl sites for hydroxylation is 1. The number of hydrogen-bond donors (Lipinski definition) is 0. The first kappa shape index (κ1) is 17.6. The molecule has 0 aromatic carbocycles. The molecule has 0 unspecified atom stereocenters. The zero-order valence-corrected chi connectivity index (χ0v) is 15.9. The van der Waals surface area contributed by atoms with Gasteiger partial charge in [-0.3, -0.25) is 14.5 Å². The van der Waals surface area contributed by atoms with Gasteiger partial charge in [0, 0.05) is 47.7 Å². The van der Waals surface area contributed by atoms with Crippen molar-refractivity contribution in [2.45, 2.75) is 59.3 Å². The zero-order valence-electron chi connectivity index (χ0n) is 15.1. The molecule has 3 rings (SSSR count). The first-order valence-electron chi connectivity index (χ1n) is 9.30. The van der Waals surface area contributed by atoms with Crippen LogP contribution in [0.4, 0.5) is 0 Å². The molecule has 24 heavy (non-hydrogen) atoms. The highest BCUT2D eigenvalue weighted by Crippen LogP contribution is 2.22. The van der Waals surface area contributed by atoms with E-state index in [4.69, 9.17) is 0 Å². The van der Waals surface area contributed by atoms with Gasteiger partial charge in [-0.15, -0.1) is 11.3 Å². The lowest BCUT2D eigenvalue weighted by molar-refractivity contribution is 0.222. The summed E-state index contributed by atoms with van der Waals surface area (Å²) >= 11 is 1.99. The fourth-order valence-electron chi connectivity index (χ4n) is 3.35. The third-order valence-corrected chi connectivity index (χ3v) is 5.84. The molecule has 2 aromatic heterocycles. The summed E-state index contributed by atoms with van der Waals surface area (Å²) in [6, 6.07) is 4.65. The Morgan fingerprint density at radius 3 is 2.58 bits per heavy atom. The van der Waals surface area contributed by atoms with E-state index in [1.165, 1.54) is 47.7 Å². The highest BCUT2D eigenvalue weighted by atomic mass is 32.1. The molecule has 0 atom stereocenters. The third-order valence-electron chi connectivity index (χ3n) is 4.79. The van der Waals surface area contributed by atoms with Crippen molar-refractivity contribution in [3.63, 3.8) is 0 Å². The van der Waals surface area contributed by atoms with Gasteiger partial charge in [-0.25, -0.2) is 0 Å². The molecule has 0 amide bonds. The van der Waals surface area contributed by atoms with Crippen molar-refractivity contribution in [3.05, 3.63) is 39.8 Å². The van der Waals surface area contributed by atoms with Gasteiger partial charge in [-0.2, -0.15) is 5.10 Å². The summed E-state index contributed by atoms with van der Waals surface area (Å²) in [5.74, 6) is 0. The molecule has 0 bridgehead atoms. The number of hydrogen-bond acceptors (Lipinski definition) is 4. The molecule has 3 heterocycles. The smallest absolute Gasteiger partial charge is 0.0534 e. The Labute approximate surface area is 150 Å². The van der Waals surface area contributed by atoms with Crippen molar-refractivity contribution in [1.82, 2.24) is 19.6 Å². The van der Waals surface area contributed by atoms with E-state index < -0.39 is 0 Å².